The van der Waals surface area contributed by atoms with Crippen LogP contribution in [-0.4, -0.2) is 54.5 Å². The number of aromatic nitrogens is 5. The second-order valence-electron chi connectivity index (χ2n) is 8.58. The number of nitrogens with one attached hydrogen (secondary N) is 1. The summed E-state index contributed by atoms with van der Waals surface area (Å²) in [5.41, 5.74) is 0.584. The largest absolute Gasteiger partial charge is 0.507 e. The van der Waals surface area contributed by atoms with Gasteiger partial charge in [-0.1, -0.05) is 0 Å². The molecule has 0 spiro atoms. The van der Waals surface area contributed by atoms with Crippen LogP contribution in [0.1, 0.15) is 32.6 Å². The topological polar surface area (TPSA) is 92.0 Å². The van der Waals surface area contributed by atoms with Gasteiger partial charge in [-0.2, -0.15) is 0 Å². The summed E-state index contributed by atoms with van der Waals surface area (Å²) in [4.78, 5) is 10.4. The number of nitrogens with zero attached hydrogens (tertiary/aromatic N) is 6. The van der Waals surface area contributed by atoms with Crippen molar-refractivity contribution < 1.29 is 9.50 Å². The first kappa shape index (κ1) is 18.9. The van der Waals surface area contributed by atoms with Gasteiger partial charge in [-0.3, -0.25) is 0 Å². The second kappa shape index (κ2) is 7.02. The molecule has 2 bridgehead atoms. The number of phenolic OH excluding ortho intramolecular Hbond substituents is 1. The quantitative estimate of drug-likeness (QED) is 0.684. The van der Waals surface area contributed by atoms with Crippen LogP contribution >= 0.6 is 0 Å². The van der Waals surface area contributed by atoms with Crippen LogP contribution in [0.2, 0.25) is 0 Å². The molecule has 9 heteroatoms. The van der Waals surface area contributed by atoms with Gasteiger partial charge in [0.1, 0.15) is 11.6 Å². The number of fused-ring (bicyclic) bond motifs is 2. The lowest BCUT2D eigenvalue weighted by molar-refractivity contribution is 0.266. The lowest BCUT2D eigenvalue weighted by atomic mass is 9.88. The summed E-state index contributed by atoms with van der Waals surface area (Å²) in [6, 6.07) is 3.47. The molecule has 2 aliphatic heterocycles. The molecule has 0 amide bonds. The highest BCUT2D eigenvalue weighted by atomic mass is 19.1. The summed E-state index contributed by atoms with van der Waals surface area (Å²) in [6.07, 6.45) is 10.8. The first-order valence-corrected chi connectivity index (χ1v) is 10.1. The fraction of sp³-hybridized carbons (Fsp3) is 0.429. The number of halogens is 1. The molecule has 2 N–H and O–H groups in total. The third kappa shape index (κ3) is 3.28. The molecule has 8 nitrogen and oxygen atoms in total. The van der Waals surface area contributed by atoms with Crippen molar-refractivity contribution in [3.63, 3.8) is 0 Å². The van der Waals surface area contributed by atoms with E-state index in [0.717, 1.165) is 12.8 Å². The molecule has 1 unspecified atom stereocenters. The summed E-state index contributed by atoms with van der Waals surface area (Å²) < 4.78 is 16.1. The third-order valence-corrected chi connectivity index (χ3v) is 6.39. The Kier molecular flexibility index (Phi) is 4.43. The van der Waals surface area contributed by atoms with Gasteiger partial charge in [-0.15, -0.1) is 10.2 Å². The number of rotatable bonds is 4. The Morgan fingerprint density at radius 2 is 2.20 bits per heavy atom. The zero-order valence-electron chi connectivity index (χ0n) is 17.0. The summed E-state index contributed by atoms with van der Waals surface area (Å²) in [7, 11) is 2.02. The van der Waals surface area contributed by atoms with E-state index in [0.29, 0.717) is 17.9 Å². The molecule has 4 heterocycles. The molecule has 2 fully saturated rings. The zero-order valence-corrected chi connectivity index (χ0v) is 17.0. The van der Waals surface area contributed by atoms with E-state index in [1.54, 1.807) is 18.6 Å². The smallest absolute Gasteiger partial charge is 0.185 e. The van der Waals surface area contributed by atoms with Crippen molar-refractivity contribution in [2.24, 2.45) is 0 Å². The van der Waals surface area contributed by atoms with E-state index in [1.165, 1.54) is 35.9 Å². The Morgan fingerprint density at radius 3 is 2.90 bits per heavy atom. The maximum Gasteiger partial charge on any atom is 0.185 e. The number of benzene rings is 1. The van der Waals surface area contributed by atoms with Crippen LogP contribution < -0.4 is 10.2 Å². The summed E-state index contributed by atoms with van der Waals surface area (Å²) in [5, 5.41) is 22.6. The molecule has 2 aromatic heterocycles. The van der Waals surface area contributed by atoms with Crippen LogP contribution in [0.15, 0.2) is 37.1 Å². The van der Waals surface area contributed by atoms with Crippen molar-refractivity contribution in [1.82, 2.24) is 30.0 Å². The maximum absolute atomic E-state index is 14.6. The minimum absolute atomic E-state index is 0.120. The fourth-order valence-electron chi connectivity index (χ4n) is 4.77. The van der Waals surface area contributed by atoms with Crippen molar-refractivity contribution >= 4 is 5.82 Å². The van der Waals surface area contributed by atoms with Gasteiger partial charge in [-0.25, -0.2) is 14.4 Å². The lowest BCUT2D eigenvalue weighted by Crippen LogP contribution is -2.53. The Labute approximate surface area is 173 Å². The monoisotopic (exact) mass is 409 g/mol. The van der Waals surface area contributed by atoms with Crippen LogP contribution in [0.3, 0.4) is 0 Å². The second-order valence-corrected chi connectivity index (χ2v) is 8.58. The molecular weight excluding hydrogens is 385 g/mol. The number of phenols is 1. The molecule has 30 heavy (non-hydrogen) atoms. The molecular formula is C21H24FN7O. The van der Waals surface area contributed by atoms with Crippen molar-refractivity contribution in [3.8, 4) is 22.8 Å². The van der Waals surface area contributed by atoms with Crippen LogP contribution in [0, 0.1) is 5.82 Å². The highest BCUT2D eigenvalue weighted by Crippen LogP contribution is 2.38. The lowest BCUT2D eigenvalue weighted by Gasteiger charge is -2.40. The van der Waals surface area contributed by atoms with E-state index in [2.05, 4.69) is 37.3 Å². The fourth-order valence-corrected chi connectivity index (χ4v) is 4.77. The first-order chi connectivity index (χ1) is 14.4. The van der Waals surface area contributed by atoms with Gasteiger partial charge < -0.3 is 19.9 Å². The van der Waals surface area contributed by atoms with Crippen LogP contribution in [0.4, 0.5) is 10.2 Å². The SMILES string of the molecule is CN(c1cnc(-c2cc(F)c(-n3ccnc3)cc2O)nn1)[C@@H]1CC2CC[C@@](C)(C1)N2. The molecule has 0 radical (unpaired) electrons. The van der Waals surface area contributed by atoms with Gasteiger partial charge >= 0.3 is 0 Å². The van der Waals surface area contributed by atoms with Crippen LogP contribution in [-0.2, 0) is 0 Å². The van der Waals surface area contributed by atoms with Gasteiger partial charge in [0.05, 0.1) is 23.8 Å². The molecule has 2 saturated heterocycles. The van der Waals surface area contributed by atoms with E-state index in [4.69, 9.17) is 0 Å². The number of hydrogen-bond donors (Lipinski definition) is 2. The van der Waals surface area contributed by atoms with Crippen molar-refractivity contribution in [3.05, 3.63) is 42.9 Å². The van der Waals surface area contributed by atoms with Crippen molar-refractivity contribution in [2.45, 2.75) is 50.2 Å². The summed E-state index contributed by atoms with van der Waals surface area (Å²) in [5.74, 6) is 0.219. The minimum Gasteiger partial charge on any atom is -0.507 e. The molecule has 2 aliphatic rings. The van der Waals surface area contributed by atoms with Gasteiger partial charge in [0.2, 0.25) is 0 Å². The Hall–Kier alpha value is -3.07. The van der Waals surface area contributed by atoms with Gasteiger partial charge in [-0.05, 0) is 38.7 Å². The van der Waals surface area contributed by atoms with Crippen molar-refractivity contribution in [1.29, 1.82) is 0 Å². The molecule has 3 atom stereocenters. The Balaban J connectivity index is 1.38. The molecule has 1 aromatic carbocycles. The molecule has 0 aliphatic carbocycles. The number of imidazole rings is 1. The molecule has 156 valence electrons. The third-order valence-electron chi connectivity index (χ3n) is 6.39. The number of hydrogen-bond acceptors (Lipinski definition) is 7. The first-order valence-electron chi connectivity index (χ1n) is 10.1. The number of piperidine rings is 1. The number of anilines is 1. The number of aromatic hydroxyl groups is 1. The predicted molar refractivity (Wildman–Crippen MR) is 110 cm³/mol. The molecule has 3 aromatic rings. The summed E-state index contributed by atoms with van der Waals surface area (Å²) in [6.45, 7) is 2.28. The van der Waals surface area contributed by atoms with Crippen molar-refractivity contribution in [2.75, 3.05) is 11.9 Å². The van der Waals surface area contributed by atoms with E-state index in [-0.39, 0.29) is 28.4 Å². The van der Waals surface area contributed by atoms with E-state index < -0.39 is 5.82 Å². The van der Waals surface area contributed by atoms with Crippen LogP contribution in [0.25, 0.3) is 17.1 Å². The summed E-state index contributed by atoms with van der Waals surface area (Å²) >= 11 is 0. The highest BCUT2D eigenvalue weighted by molar-refractivity contribution is 5.66. The normalized spacial score (nSPS) is 25.4. The molecule has 5 rings (SSSR count). The standard InChI is InChI=1S/C21H24FN7O/c1-21-4-3-13(25-21)7-14(10-21)28(2)19-11-24-20(27-26-19)15-8-16(22)17(9-18(15)30)29-6-5-23-12-29/h5-6,8-9,11-14,25,30H,3-4,7,10H2,1-2H3/t13?,14-,21+/m1/s1. The molecule has 0 saturated carbocycles. The highest BCUT2D eigenvalue weighted by Gasteiger charge is 2.43. The zero-order chi connectivity index (χ0) is 20.9. The minimum atomic E-state index is -0.510. The van der Waals surface area contributed by atoms with E-state index in [1.807, 2.05) is 7.05 Å². The predicted octanol–water partition coefficient (Wildman–Crippen LogP) is 2.68. The average Bonchev–Trinajstić information content (AvgIpc) is 3.36. The van der Waals surface area contributed by atoms with Gasteiger partial charge in [0.25, 0.3) is 0 Å². The van der Waals surface area contributed by atoms with E-state index in [9.17, 15) is 9.50 Å². The van der Waals surface area contributed by atoms with Gasteiger partial charge in [0.15, 0.2) is 11.6 Å². The maximum atomic E-state index is 14.6. The Morgan fingerprint density at radius 1 is 1.33 bits per heavy atom. The van der Waals surface area contributed by atoms with Crippen LogP contribution in [0.5, 0.6) is 5.75 Å². The average molecular weight is 409 g/mol. The van der Waals surface area contributed by atoms with Gasteiger partial charge in [0, 0.05) is 43.1 Å². The van der Waals surface area contributed by atoms with E-state index >= 15 is 0 Å². The Bertz CT molecular complexity index is 1060.